The Hall–Kier alpha value is -1.55. The Bertz CT molecular complexity index is 322. The fraction of sp³-hybridized carbons (Fsp3) is 0.364. The molecule has 0 unspecified atom stereocenters. The molecular formula is C11H16N2O2. The molecule has 1 aromatic carbocycles. The fourth-order valence-electron chi connectivity index (χ4n) is 1.40. The Labute approximate surface area is 89.4 Å². The highest BCUT2D eigenvalue weighted by Gasteiger charge is 2.14. The summed E-state index contributed by atoms with van der Waals surface area (Å²) < 4.78 is 5.30. The van der Waals surface area contributed by atoms with Gasteiger partial charge in [0.25, 0.3) is 0 Å². The Kier molecular flexibility index (Phi) is 4.12. The number of hydrogen-bond donors (Lipinski definition) is 2. The normalized spacial score (nSPS) is 12.1. The van der Waals surface area contributed by atoms with Crippen molar-refractivity contribution in [3.05, 3.63) is 29.8 Å². The first-order valence-electron chi connectivity index (χ1n) is 4.88. The van der Waals surface area contributed by atoms with Crippen LogP contribution < -0.4 is 15.8 Å². The molecule has 0 radical (unpaired) electrons. The van der Waals surface area contributed by atoms with Crippen molar-refractivity contribution in [3.8, 4) is 5.75 Å². The largest absolute Gasteiger partial charge is 0.494 e. The third kappa shape index (κ3) is 2.95. The van der Waals surface area contributed by atoms with Crippen LogP contribution in [0.2, 0.25) is 0 Å². The van der Waals surface area contributed by atoms with Gasteiger partial charge in [-0.05, 0) is 31.7 Å². The van der Waals surface area contributed by atoms with Crippen molar-refractivity contribution in [2.24, 2.45) is 5.73 Å². The molecule has 0 heterocycles. The van der Waals surface area contributed by atoms with Gasteiger partial charge in [-0.25, -0.2) is 0 Å². The second-order valence-corrected chi connectivity index (χ2v) is 3.13. The first kappa shape index (κ1) is 11.5. The minimum atomic E-state index is -0.444. The molecule has 0 saturated carbocycles. The number of carbonyl (C=O) groups excluding carboxylic acids is 1. The van der Waals surface area contributed by atoms with Gasteiger partial charge in [-0.15, -0.1) is 0 Å². The summed E-state index contributed by atoms with van der Waals surface area (Å²) in [5.41, 5.74) is 6.08. The summed E-state index contributed by atoms with van der Waals surface area (Å²) in [6, 6.07) is 6.87. The second kappa shape index (κ2) is 5.36. The minimum absolute atomic E-state index is 0.387. The van der Waals surface area contributed by atoms with E-state index in [2.05, 4.69) is 5.32 Å². The third-order valence-electron chi connectivity index (χ3n) is 2.10. The molecule has 1 amide bonds. The quantitative estimate of drug-likeness (QED) is 0.753. The zero-order chi connectivity index (χ0) is 11.3. The van der Waals surface area contributed by atoms with E-state index in [0.29, 0.717) is 6.61 Å². The molecule has 1 aromatic rings. The van der Waals surface area contributed by atoms with Gasteiger partial charge in [0.05, 0.1) is 6.61 Å². The van der Waals surface area contributed by atoms with Gasteiger partial charge in [-0.3, -0.25) is 4.79 Å². The van der Waals surface area contributed by atoms with Crippen LogP contribution in [0, 0.1) is 0 Å². The SMILES string of the molecule is CCOc1ccc([C@H](NC)C(N)=O)cc1. The number of benzene rings is 1. The number of nitrogens with one attached hydrogen (secondary N) is 1. The molecular weight excluding hydrogens is 192 g/mol. The lowest BCUT2D eigenvalue weighted by Gasteiger charge is -2.13. The molecule has 15 heavy (non-hydrogen) atoms. The zero-order valence-corrected chi connectivity index (χ0v) is 8.99. The van der Waals surface area contributed by atoms with Crippen molar-refractivity contribution in [2.45, 2.75) is 13.0 Å². The Morgan fingerprint density at radius 3 is 2.47 bits per heavy atom. The average molecular weight is 208 g/mol. The lowest BCUT2D eigenvalue weighted by atomic mass is 10.1. The molecule has 0 aliphatic heterocycles. The lowest BCUT2D eigenvalue weighted by Crippen LogP contribution is -2.31. The van der Waals surface area contributed by atoms with Crippen LogP contribution in [0.4, 0.5) is 0 Å². The van der Waals surface area contributed by atoms with Gasteiger partial charge in [0, 0.05) is 0 Å². The van der Waals surface area contributed by atoms with Crippen LogP contribution in [0.15, 0.2) is 24.3 Å². The average Bonchev–Trinajstić information content (AvgIpc) is 2.21. The van der Waals surface area contributed by atoms with Gasteiger partial charge in [0.15, 0.2) is 0 Å². The van der Waals surface area contributed by atoms with Crippen LogP contribution in [0.3, 0.4) is 0 Å². The first-order valence-corrected chi connectivity index (χ1v) is 4.88. The number of hydrogen-bond acceptors (Lipinski definition) is 3. The van der Waals surface area contributed by atoms with Crippen molar-refractivity contribution in [1.29, 1.82) is 0 Å². The van der Waals surface area contributed by atoms with Crippen LogP contribution in [-0.2, 0) is 4.79 Å². The van der Waals surface area contributed by atoms with E-state index >= 15 is 0 Å². The highest BCUT2D eigenvalue weighted by Crippen LogP contribution is 2.17. The molecule has 0 aliphatic rings. The molecule has 0 fully saturated rings. The molecule has 1 rings (SSSR count). The number of ether oxygens (including phenoxy) is 1. The maximum absolute atomic E-state index is 11.1. The summed E-state index contributed by atoms with van der Waals surface area (Å²) >= 11 is 0. The Morgan fingerprint density at radius 1 is 1.47 bits per heavy atom. The van der Waals surface area contributed by atoms with Gasteiger partial charge in [-0.1, -0.05) is 12.1 Å². The number of nitrogens with two attached hydrogens (primary N) is 1. The van der Waals surface area contributed by atoms with Crippen LogP contribution in [-0.4, -0.2) is 19.6 Å². The summed E-state index contributed by atoms with van der Waals surface area (Å²) in [7, 11) is 1.70. The molecule has 3 N–H and O–H groups in total. The van der Waals surface area contributed by atoms with Crippen LogP contribution in [0.5, 0.6) is 5.75 Å². The summed E-state index contributed by atoms with van der Waals surface area (Å²) in [5.74, 6) is 0.405. The maximum Gasteiger partial charge on any atom is 0.239 e. The van der Waals surface area contributed by atoms with Crippen LogP contribution in [0.1, 0.15) is 18.5 Å². The van der Waals surface area contributed by atoms with Crippen LogP contribution >= 0.6 is 0 Å². The molecule has 82 valence electrons. The fourth-order valence-corrected chi connectivity index (χ4v) is 1.40. The van der Waals surface area contributed by atoms with E-state index in [0.717, 1.165) is 11.3 Å². The molecule has 4 nitrogen and oxygen atoms in total. The van der Waals surface area contributed by atoms with Gasteiger partial charge >= 0.3 is 0 Å². The standard InChI is InChI=1S/C11H16N2O2/c1-3-15-9-6-4-8(5-7-9)10(13-2)11(12)14/h4-7,10,13H,3H2,1-2H3,(H2,12,14)/t10-/m0/s1. The smallest absolute Gasteiger partial charge is 0.239 e. The van der Waals surface area contributed by atoms with E-state index < -0.39 is 6.04 Å². The highest BCUT2D eigenvalue weighted by atomic mass is 16.5. The Balaban J connectivity index is 2.82. The minimum Gasteiger partial charge on any atom is -0.494 e. The van der Waals surface area contributed by atoms with E-state index in [4.69, 9.17) is 10.5 Å². The summed E-state index contributed by atoms with van der Waals surface area (Å²) in [6.07, 6.45) is 0. The first-order chi connectivity index (χ1) is 7.19. The molecule has 4 heteroatoms. The number of rotatable bonds is 5. The Morgan fingerprint density at radius 2 is 2.07 bits per heavy atom. The van der Waals surface area contributed by atoms with E-state index in [1.165, 1.54) is 0 Å². The molecule has 1 atom stereocenters. The van der Waals surface area contributed by atoms with Crippen molar-refractivity contribution in [3.63, 3.8) is 0 Å². The molecule has 0 bridgehead atoms. The summed E-state index contributed by atoms with van der Waals surface area (Å²) in [4.78, 5) is 11.1. The zero-order valence-electron chi connectivity index (χ0n) is 8.99. The number of carbonyl (C=O) groups is 1. The van der Waals surface area contributed by atoms with Gasteiger partial charge in [-0.2, -0.15) is 0 Å². The molecule has 0 saturated heterocycles. The van der Waals surface area contributed by atoms with Crippen molar-refractivity contribution < 1.29 is 9.53 Å². The van der Waals surface area contributed by atoms with E-state index in [1.807, 2.05) is 31.2 Å². The highest BCUT2D eigenvalue weighted by molar-refractivity contribution is 5.81. The molecule has 0 aromatic heterocycles. The number of likely N-dealkylation sites (N-methyl/N-ethyl adjacent to an activating group) is 1. The monoisotopic (exact) mass is 208 g/mol. The van der Waals surface area contributed by atoms with Crippen LogP contribution in [0.25, 0.3) is 0 Å². The second-order valence-electron chi connectivity index (χ2n) is 3.13. The number of amides is 1. The predicted molar refractivity (Wildman–Crippen MR) is 58.6 cm³/mol. The number of primary amides is 1. The van der Waals surface area contributed by atoms with Gasteiger partial charge < -0.3 is 15.8 Å². The predicted octanol–water partition coefficient (Wildman–Crippen LogP) is 0.831. The van der Waals surface area contributed by atoms with Gasteiger partial charge in [0.2, 0.25) is 5.91 Å². The molecule has 0 aliphatic carbocycles. The maximum atomic E-state index is 11.1. The van der Waals surface area contributed by atoms with Crippen molar-refractivity contribution in [1.82, 2.24) is 5.32 Å². The summed E-state index contributed by atoms with van der Waals surface area (Å²) in [6.45, 7) is 2.55. The van der Waals surface area contributed by atoms with E-state index in [-0.39, 0.29) is 5.91 Å². The third-order valence-corrected chi connectivity index (χ3v) is 2.10. The topological polar surface area (TPSA) is 64.3 Å². The van der Waals surface area contributed by atoms with Crippen molar-refractivity contribution >= 4 is 5.91 Å². The van der Waals surface area contributed by atoms with Crippen molar-refractivity contribution in [2.75, 3.05) is 13.7 Å². The van der Waals surface area contributed by atoms with E-state index in [1.54, 1.807) is 7.05 Å². The molecule has 0 spiro atoms. The lowest BCUT2D eigenvalue weighted by molar-refractivity contribution is -0.120. The summed E-state index contributed by atoms with van der Waals surface area (Å²) in [5, 5.41) is 2.85. The van der Waals surface area contributed by atoms with Gasteiger partial charge in [0.1, 0.15) is 11.8 Å². The van der Waals surface area contributed by atoms with E-state index in [9.17, 15) is 4.79 Å².